The van der Waals surface area contributed by atoms with Gasteiger partial charge in [-0.3, -0.25) is 0 Å². The van der Waals surface area contributed by atoms with Gasteiger partial charge >= 0.3 is 0 Å². The number of hydrogen-bond acceptors (Lipinski definition) is 2. The van der Waals surface area contributed by atoms with Crippen molar-refractivity contribution in [2.45, 2.75) is 89.6 Å². The first-order chi connectivity index (χ1) is 9.40. The van der Waals surface area contributed by atoms with Gasteiger partial charge in [0.05, 0.1) is 0 Å². The van der Waals surface area contributed by atoms with Crippen LogP contribution in [0.1, 0.15) is 77.6 Å². The molecule has 0 spiro atoms. The van der Waals surface area contributed by atoms with Crippen LogP contribution in [0.15, 0.2) is 0 Å². The number of rotatable bonds is 6. The highest BCUT2D eigenvalue weighted by Crippen LogP contribution is 2.19. The molecule has 2 nitrogen and oxygen atoms in total. The zero-order valence-electron chi connectivity index (χ0n) is 13.0. The van der Waals surface area contributed by atoms with E-state index >= 15 is 0 Å². The molecule has 1 aliphatic heterocycles. The first-order valence-corrected chi connectivity index (χ1v) is 8.87. The van der Waals surface area contributed by atoms with Gasteiger partial charge in [-0.1, -0.05) is 39.0 Å². The third-order valence-corrected chi connectivity index (χ3v) is 5.13. The van der Waals surface area contributed by atoms with Crippen LogP contribution in [0, 0.1) is 0 Å². The van der Waals surface area contributed by atoms with Crippen molar-refractivity contribution < 1.29 is 0 Å². The van der Waals surface area contributed by atoms with Crippen molar-refractivity contribution in [1.82, 2.24) is 10.2 Å². The molecule has 19 heavy (non-hydrogen) atoms. The Bertz CT molecular complexity index is 223. The Morgan fingerprint density at radius 1 is 0.947 bits per heavy atom. The molecule has 2 fully saturated rings. The fourth-order valence-corrected chi connectivity index (χ4v) is 3.89. The van der Waals surface area contributed by atoms with E-state index in [0.717, 1.165) is 12.1 Å². The van der Waals surface area contributed by atoms with Gasteiger partial charge in [-0.05, 0) is 58.2 Å². The van der Waals surface area contributed by atoms with Crippen molar-refractivity contribution >= 4 is 0 Å². The van der Waals surface area contributed by atoms with E-state index in [0.29, 0.717) is 0 Å². The van der Waals surface area contributed by atoms with E-state index in [9.17, 15) is 0 Å². The van der Waals surface area contributed by atoms with Gasteiger partial charge in [-0.2, -0.15) is 0 Å². The summed E-state index contributed by atoms with van der Waals surface area (Å²) in [6, 6.07) is 1.71. The van der Waals surface area contributed by atoms with E-state index in [1.165, 1.54) is 90.3 Å². The molecule has 1 saturated carbocycles. The third-order valence-electron chi connectivity index (χ3n) is 5.13. The van der Waals surface area contributed by atoms with Crippen LogP contribution in [-0.4, -0.2) is 36.6 Å². The topological polar surface area (TPSA) is 15.3 Å². The molecule has 0 amide bonds. The molecule has 1 unspecified atom stereocenters. The fraction of sp³-hybridized carbons (Fsp3) is 1.00. The van der Waals surface area contributed by atoms with Gasteiger partial charge in [0.25, 0.3) is 0 Å². The molecule has 0 aromatic rings. The van der Waals surface area contributed by atoms with Crippen LogP contribution in [-0.2, 0) is 0 Å². The lowest BCUT2D eigenvalue weighted by Crippen LogP contribution is -2.38. The van der Waals surface area contributed by atoms with E-state index in [4.69, 9.17) is 0 Å². The van der Waals surface area contributed by atoms with Crippen LogP contribution in [0.25, 0.3) is 0 Å². The SMILES string of the molecule is CCC1CCCCCN1CCCNC1CCCCC1. The third kappa shape index (κ3) is 5.43. The summed E-state index contributed by atoms with van der Waals surface area (Å²) in [6.45, 7) is 6.26. The second-order valence-corrected chi connectivity index (χ2v) is 6.59. The van der Waals surface area contributed by atoms with Crippen LogP contribution in [0.4, 0.5) is 0 Å². The lowest BCUT2D eigenvalue weighted by molar-refractivity contribution is 0.190. The minimum absolute atomic E-state index is 0.833. The maximum Gasteiger partial charge on any atom is 0.00926 e. The van der Waals surface area contributed by atoms with Crippen LogP contribution in [0.3, 0.4) is 0 Å². The Balaban J connectivity index is 1.60. The molecule has 1 N–H and O–H groups in total. The maximum atomic E-state index is 3.78. The maximum absolute atomic E-state index is 3.78. The molecule has 0 aromatic carbocycles. The molecular weight excluding hydrogens is 232 g/mol. The highest BCUT2D eigenvalue weighted by atomic mass is 15.2. The first kappa shape index (κ1) is 15.3. The summed E-state index contributed by atoms with van der Waals surface area (Å²) >= 11 is 0. The number of nitrogens with one attached hydrogen (secondary N) is 1. The van der Waals surface area contributed by atoms with E-state index in [-0.39, 0.29) is 0 Å². The summed E-state index contributed by atoms with van der Waals surface area (Å²) in [7, 11) is 0. The van der Waals surface area contributed by atoms with Gasteiger partial charge in [0.2, 0.25) is 0 Å². The second-order valence-electron chi connectivity index (χ2n) is 6.59. The normalized spacial score (nSPS) is 27.3. The van der Waals surface area contributed by atoms with Gasteiger partial charge < -0.3 is 10.2 Å². The van der Waals surface area contributed by atoms with Gasteiger partial charge in [0.15, 0.2) is 0 Å². The van der Waals surface area contributed by atoms with Crippen LogP contribution in [0.5, 0.6) is 0 Å². The molecule has 1 atom stereocenters. The van der Waals surface area contributed by atoms with Crippen LogP contribution >= 0.6 is 0 Å². The average molecular weight is 266 g/mol. The molecule has 112 valence electrons. The quantitative estimate of drug-likeness (QED) is 0.732. The zero-order chi connectivity index (χ0) is 13.3. The molecule has 0 radical (unpaired) electrons. The summed E-state index contributed by atoms with van der Waals surface area (Å²) < 4.78 is 0. The first-order valence-electron chi connectivity index (χ1n) is 8.87. The van der Waals surface area contributed by atoms with Crippen molar-refractivity contribution in [3.63, 3.8) is 0 Å². The highest BCUT2D eigenvalue weighted by Gasteiger charge is 2.19. The molecule has 1 saturated heterocycles. The molecule has 1 aliphatic carbocycles. The van der Waals surface area contributed by atoms with Gasteiger partial charge in [0, 0.05) is 12.1 Å². The Morgan fingerprint density at radius 3 is 2.47 bits per heavy atom. The van der Waals surface area contributed by atoms with Gasteiger partial charge in [-0.25, -0.2) is 0 Å². The van der Waals surface area contributed by atoms with Crippen molar-refractivity contribution in [2.24, 2.45) is 0 Å². The number of likely N-dealkylation sites (tertiary alicyclic amines) is 1. The van der Waals surface area contributed by atoms with Crippen molar-refractivity contribution in [2.75, 3.05) is 19.6 Å². The predicted octanol–water partition coefficient (Wildman–Crippen LogP) is 3.95. The molecule has 1 heterocycles. The van der Waals surface area contributed by atoms with Crippen molar-refractivity contribution in [3.05, 3.63) is 0 Å². The summed E-state index contributed by atoms with van der Waals surface area (Å²) in [5.74, 6) is 0. The Morgan fingerprint density at radius 2 is 1.68 bits per heavy atom. The van der Waals surface area contributed by atoms with E-state index in [2.05, 4.69) is 17.1 Å². The highest BCUT2D eigenvalue weighted by molar-refractivity contribution is 4.76. The van der Waals surface area contributed by atoms with Gasteiger partial charge in [0.1, 0.15) is 0 Å². The second kappa shape index (κ2) is 8.97. The molecule has 0 aromatic heterocycles. The lowest BCUT2D eigenvalue weighted by atomic mass is 9.95. The van der Waals surface area contributed by atoms with Crippen LogP contribution < -0.4 is 5.32 Å². The van der Waals surface area contributed by atoms with E-state index in [1.807, 2.05) is 0 Å². The molecule has 0 bridgehead atoms. The monoisotopic (exact) mass is 266 g/mol. The zero-order valence-corrected chi connectivity index (χ0v) is 13.0. The minimum Gasteiger partial charge on any atom is -0.314 e. The Labute approximate surface area is 120 Å². The summed E-state index contributed by atoms with van der Waals surface area (Å²) in [4.78, 5) is 2.77. The standard InChI is InChI=1S/C17H34N2/c1-2-17-12-7-4-8-14-19(17)15-9-13-18-16-10-5-3-6-11-16/h16-18H,2-15H2,1H3. The Kier molecular flexibility index (Phi) is 7.23. The summed E-state index contributed by atoms with van der Waals surface area (Å²) in [5.41, 5.74) is 0. The predicted molar refractivity (Wildman–Crippen MR) is 83.6 cm³/mol. The largest absolute Gasteiger partial charge is 0.314 e. The Hall–Kier alpha value is -0.0800. The lowest BCUT2D eigenvalue weighted by Gasteiger charge is -2.29. The van der Waals surface area contributed by atoms with Crippen molar-refractivity contribution in [1.29, 1.82) is 0 Å². The van der Waals surface area contributed by atoms with Gasteiger partial charge in [-0.15, -0.1) is 0 Å². The van der Waals surface area contributed by atoms with Crippen LogP contribution in [0.2, 0.25) is 0 Å². The molecule has 2 aliphatic rings. The molecular formula is C17H34N2. The average Bonchev–Trinajstić information content (AvgIpc) is 2.69. The summed E-state index contributed by atoms with van der Waals surface area (Å²) in [6.07, 6.45) is 15.6. The van der Waals surface area contributed by atoms with E-state index in [1.54, 1.807) is 0 Å². The van der Waals surface area contributed by atoms with Crippen molar-refractivity contribution in [3.8, 4) is 0 Å². The molecule has 2 rings (SSSR count). The minimum atomic E-state index is 0.833. The van der Waals surface area contributed by atoms with E-state index < -0.39 is 0 Å². The molecule has 2 heteroatoms. The number of hydrogen-bond donors (Lipinski definition) is 1. The summed E-state index contributed by atoms with van der Waals surface area (Å²) in [5, 5.41) is 3.78. The smallest absolute Gasteiger partial charge is 0.00926 e. The fourth-order valence-electron chi connectivity index (χ4n) is 3.89. The number of nitrogens with zero attached hydrogens (tertiary/aromatic N) is 1.